The summed E-state index contributed by atoms with van der Waals surface area (Å²) in [7, 11) is 2.78. The molecule has 0 aliphatic heterocycles. The van der Waals surface area contributed by atoms with Crippen LogP contribution in [-0.2, 0) is 16.1 Å². The monoisotopic (exact) mass is 268 g/mol. The first-order valence-corrected chi connectivity index (χ1v) is 5.86. The maximum absolute atomic E-state index is 13.6. The molecule has 0 saturated heterocycles. The van der Waals surface area contributed by atoms with E-state index in [4.69, 9.17) is 0 Å². The number of halogens is 1. The summed E-state index contributed by atoms with van der Waals surface area (Å²) in [5.74, 6) is -1.37. The highest BCUT2D eigenvalue weighted by Gasteiger charge is 2.11. The van der Waals surface area contributed by atoms with Gasteiger partial charge in [-0.05, 0) is 17.7 Å². The molecular formula is C13H17FN2O3. The smallest absolute Gasteiger partial charge is 0.340 e. The Morgan fingerprint density at radius 3 is 2.68 bits per heavy atom. The quantitative estimate of drug-likeness (QED) is 0.592. The predicted molar refractivity (Wildman–Crippen MR) is 68.1 cm³/mol. The second-order valence-corrected chi connectivity index (χ2v) is 3.91. The number of esters is 1. The minimum atomic E-state index is -0.698. The fourth-order valence-corrected chi connectivity index (χ4v) is 1.50. The van der Waals surface area contributed by atoms with Crippen LogP contribution in [0.1, 0.15) is 22.3 Å². The largest absolute Gasteiger partial charge is 0.465 e. The van der Waals surface area contributed by atoms with Crippen molar-refractivity contribution < 1.29 is 18.7 Å². The Kier molecular flexibility index (Phi) is 5.95. The van der Waals surface area contributed by atoms with Crippen molar-refractivity contribution >= 4 is 11.9 Å². The zero-order valence-corrected chi connectivity index (χ0v) is 11.0. The van der Waals surface area contributed by atoms with Crippen molar-refractivity contribution in [3.05, 3.63) is 35.1 Å². The molecule has 1 rings (SSSR count). The lowest BCUT2D eigenvalue weighted by atomic mass is 10.1. The summed E-state index contributed by atoms with van der Waals surface area (Å²) in [5, 5.41) is 5.52. The van der Waals surface area contributed by atoms with Crippen molar-refractivity contribution in [1.82, 2.24) is 10.6 Å². The molecule has 0 bridgehead atoms. The average molecular weight is 268 g/mol. The third-order valence-corrected chi connectivity index (χ3v) is 2.58. The number of carbonyl (C=O) groups is 2. The molecular weight excluding hydrogens is 251 g/mol. The number of nitrogens with one attached hydrogen (secondary N) is 2. The lowest BCUT2D eigenvalue weighted by Gasteiger charge is -2.06. The molecule has 6 heteroatoms. The van der Waals surface area contributed by atoms with Crippen molar-refractivity contribution in [2.24, 2.45) is 0 Å². The summed E-state index contributed by atoms with van der Waals surface area (Å²) < 4.78 is 18.0. The number of hydrogen-bond donors (Lipinski definition) is 2. The Morgan fingerprint density at radius 2 is 2.11 bits per heavy atom. The maximum Gasteiger partial charge on any atom is 0.340 e. The van der Waals surface area contributed by atoms with E-state index in [0.29, 0.717) is 25.1 Å². The molecule has 0 unspecified atom stereocenters. The van der Waals surface area contributed by atoms with E-state index < -0.39 is 11.8 Å². The van der Waals surface area contributed by atoms with Crippen LogP contribution < -0.4 is 10.6 Å². The van der Waals surface area contributed by atoms with Gasteiger partial charge in [0.15, 0.2) is 0 Å². The first-order chi connectivity index (χ1) is 9.08. The van der Waals surface area contributed by atoms with Crippen molar-refractivity contribution in [2.75, 3.05) is 20.7 Å². The first-order valence-electron chi connectivity index (χ1n) is 5.86. The Balaban J connectivity index is 2.50. The van der Waals surface area contributed by atoms with Crippen LogP contribution in [0.3, 0.4) is 0 Å². The van der Waals surface area contributed by atoms with Crippen molar-refractivity contribution in [3.8, 4) is 0 Å². The van der Waals surface area contributed by atoms with Gasteiger partial charge >= 0.3 is 5.97 Å². The standard InChI is InChI=1S/C13H17FN2O3/c1-15-12(17)5-6-16-8-9-3-4-10(11(14)7-9)13(18)19-2/h3-4,7,16H,5-6,8H2,1-2H3,(H,15,17). The van der Waals surface area contributed by atoms with Crippen molar-refractivity contribution in [1.29, 1.82) is 0 Å². The van der Waals surface area contributed by atoms with Crippen LogP contribution in [0, 0.1) is 5.82 Å². The van der Waals surface area contributed by atoms with Gasteiger partial charge in [0, 0.05) is 26.6 Å². The van der Waals surface area contributed by atoms with Gasteiger partial charge in [-0.15, -0.1) is 0 Å². The summed E-state index contributed by atoms with van der Waals surface area (Å²) in [4.78, 5) is 22.2. The molecule has 0 fully saturated rings. The lowest BCUT2D eigenvalue weighted by molar-refractivity contribution is -0.120. The van der Waals surface area contributed by atoms with Gasteiger partial charge in [-0.25, -0.2) is 9.18 Å². The van der Waals surface area contributed by atoms with Gasteiger partial charge < -0.3 is 15.4 Å². The Bertz CT molecular complexity index is 463. The van der Waals surface area contributed by atoms with Crippen molar-refractivity contribution in [3.63, 3.8) is 0 Å². The number of rotatable bonds is 6. The molecule has 104 valence electrons. The highest BCUT2D eigenvalue weighted by Crippen LogP contribution is 2.11. The molecule has 0 saturated carbocycles. The van der Waals surface area contributed by atoms with E-state index in [1.165, 1.54) is 19.2 Å². The molecule has 0 aliphatic carbocycles. The van der Waals surface area contributed by atoms with Gasteiger partial charge in [0.25, 0.3) is 0 Å². The Labute approximate surface area is 111 Å². The molecule has 0 radical (unpaired) electrons. The van der Waals surface area contributed by atoms with Gasteiger partial charge in [0.1, 0.15) is 5.82 Å². The van der Waals surface area contributed by atoms with E-state index >= 15 is 0 Å². The van der Waals surface area contributed by atoms with Crippen LogP contribution in [0.2, 0.25) is 0 Å². The van der Waals surface area contributed by atoms with E-state index in [1.54, 1.807) is 13.1 Å². The van der Waals surface area contributed by atoms with Crippen molar-refractivity contribution in [2.45, 2.75) is 13.0 Å². The maximum atomic E-state index is 13.6. The highest BCUT2D eigenvalue weighted by atomic mass is 19.1. The van der Waals surface area contributed by atoms with E-state index in [9.17, 15) is 14.0 Å². The SMILES string of the molecule is CNC(=O)CCNCc1ccc(C(=O)OC)c(F)c1. The molecule has 1 aromatic rings. The van der Waals surface area contributed by atoms with E-state index in [-0.39, 0.29) is 11.5 Å². The number of carbonyl (C=O) groups excluding carboxylic acids is 2. The van der Waals surface area contributed by atoms with E-state index in [1.807, 2.05) is 0 Å². The Morgan fingerprint density at radius 1 is 1.37 bits per heavy atom. The van der Waals surface area contributed by atoms with Gasteiger partial charge in [0.2, 0.25) is 5.91 Å². The summed E-state index contributed by atoms with van der Waals surface area (Å²) in [6.45, 7) is 0.926. The zero-order chi connectivity index (χ0) is 14.3. The number of hydrogen-bond acceptors (Lipinski definition) is 4. The molecule has 0 aromatic heterocycles. The third kappa shape index (κ3) is 4.67. The van der Waals surface area contributed by atoms with E-state index in [2.05, 4.69) is 15.4 Å². The fraction of sp³-hybridized carbons (Fsp3) is 0.385. The van der Waals surface area contributed by atoms with Crippen LogP contribution in [0.4, 0.5) is 4.39 Å². The number of amides is 1. The van der Waals surface area contributed by atoms with Gasteiger partial charge in [0.05, 0.1) is 12.7 Å². The lowest BCUT2D eigenvalue weighted by Crippen LogP contribution is -2.24. The normalized spacial score (nSPS) is 10.1. The van der Waals surface area contributed by atoms with Gasteiger partial charge in [-0.2, -0.15) is 0 Å². The van der Waals surface area contributed by atoms with Gasteiger partial charge in [-0.3, -0.25) is 4.79 Å². The minimum absolute atomic E-state index is 0.0558. The molecule has 2 N–H and O–H groups in total. The van der Waals surface area contributed by atoms with Crippen LogP contribution in [0.15, 0.2) is 18.2 Å². The molecule has 19 heavy (non-hydrogen) atoms. The van der Waals surface area contributed by atoms with Gasteiger partial charge in [-0.1, -0.05) is 6.07 Å². The molecule has 1 aromatic carbocycles. The second kappa shape index (κ2) is 7.48. The molecule has 1 amide bonds. The molecule has 0 aliphatic rings. The first kappa shape index (κ1) is 15.1. The second-order valence-electron chi connectivity index (χ2n) is 3.91. The third-order valence-electron chi connectivity index (χ3n) is 2.58. The summed E-state index contributed by atoms with van der Waals surface area (Å²) in [6.07, 6.45) is 0.360. The summed E-state index contributed by atoms with van der Waals surface area (Å²) in [6, 6.07) is 4.30. The highest BCUT2D eigenvalue weighted by molar-refractivity contribution is 5.89. The van der Waals surface area contributed by atoms with Crippen LogP contribution in [0.25, 0.3) is 0 Å². The molecule has 0 heterocycles. The summed E-state index contributed by atoms with van der Waals surface area (Å²) >= 11 is 0. The molecule has 5 nitrogen and oxygen atoms in total. The Hall–Kier alpha value is -1.95. The minimum Gasteiger partial charge on any atom is -0.465 e. The predicted octanol–water partition coefficient (Wildman–Crippen LogP) is 0.838. The molecule has 0 spiro atoms. The number of benzene rings is 1. The zero-order valence-electron chi connectivity index (χ0n) is 11.0. The molecule has 0 atom stereocenters. The van der Waals surface area contributed by atoms with Crippen LogP contribution in [-0.4, -0.2) is 32.6 Å². The van der Waals surface area contributed by atoms with Crippen LogP contribution in [0.5, 0.6) is 0 Å². The van der Waals surface area contributed by atoms with Crippen LogP contribution >= 0.6 is 0 Å². The average Bonchev–Trinajstić information content (AvgIpc) is 2.42. The number of ether oxygens (including phenoxy) is 1. The topological polar surface area (TPSA) is 67.4 Å². The fourth-order valence-electron chi connectivity index (χ4n) is 1.50. The van der Waals surface area contributed by atoms with E-state index in [0.717, 1.165) is 0 Å². The summed E-state index contributed by atoms with van der Waals surface area (Å²) in [5.41, 5.74) is 0.610. The number of methoxy groups -OCH3 is 1.